The van der Waals surface area contributed by atoms with Crippen molar-refractivity contribution in [3.8, 4) is 22.3 Å². The zero-order valence-corrected chi connectivity index (χ0v) is 20.3. The van der Waals surface area contributed by atoms with E-state index in [1.165, 1.54) is 36.4 Å². The molecule has 202 valence electrons. The summed E-state index contributed by atoms with van der Waals surface area (Å²) in [6.45, 7) is 0. The fourth-order valence-electron chi connectivity index (χ4n) is 4.31. The minimum atomic E-state index is -4.44. The highest BCUT2D eigenvalue weighted by molar-refractivity contribution is 5.80. The van der Waals surface area contributed by atoms with Gasteiger partial charge in [-0.25, -0.2) is 22.0 Å². The number of halogens is 8. The van der Waals surface area contributed by atoms with Gasteiger partial charge >= 0.3 is 6.18 Å². The second-order valence-electron chi connectivity index (χ2n) is 8.78. The molecule has 0 aliphatic rings. The molecule has 0 bridgehead atoms. The standard InChI is InChI=1S/C31H17F8N/c32-26-25(27(33)29(35)30(36)28(26)34)20-10-16-24(17-11-20)40(22-4-2-1-3-5-22)23-14-8-19(9-15-23)18-6-12-21(13-7-18)31(37,38)39/h1-17H. The first-order valence-electron chi connectivity index (χ1n) is 11.8. The average molecular weight is 555 g/mol. The molecule has 1 nitrogen and oxygen atoms in total. The van der Waals surface area contributed by atoms with Crippen LogP contribution in [0.1, 0.15) is 5.56 Å². The van der Waals surface area contributed by atoms with E-state index in [1.807, 2.05) is 18.2 Å². The second kappa shape index (κ2) is 10.5. The molecule has 0 saturated heterocycles. The van der Waals surface area contributed by atoms with Crippen molar-refractivity contribution in [2.24, 2.45) is 0 Å². The maximum Gasteiger partial charge on any atom is 0.416 e. The zero-order valence-electron chi connectivity index (χ0n) is 20.3. The number of rotatable bonds is 5. The molecule has 0 aromatic heterocycles. The number of benzene rings is 5. The third kappa shape index (κ3) is 5.02. The number of anilines is 3. The van der Waals surface area contributed by atoms with E-state index in [9.17, 15) is 35.1 Å². The lowest BCUT2D eigenvalue weighted by Gasteiger charge is -2.26. The molecule has 0 N–H and O–H groups in total. The van der Waals surface area contributed by atoms with Gasteiger partial charge in [-0.1, -0.05) is 54.6 Å². The Bertz CT molecular complexity index is 1620. The van der Waals surface area contributed by atoms with Gasteiger partial charge in [0.1, 0.15) is 0 Å². The Labute approximate surface area is 223 Å². The SMILES string of the molecule is Fc1c(F)c(F)c(-c2ccc(N(c3ccccc3)c3ccc(-c4ccc(C(F)(F)F)cc4)cc3)cc2)c(F)c1F. The monoisotopic (exact) mass is 555 g/mol. The molecule has 0 spiro atoms. The summed E-state index contributed by atoms with van der Waals surface area (Å²) in [6, 6.07) is 26.2. The molecule has 0 aliphatic heterocycles. The molecule has 0 atom stereocenters. The minimum absolute atomic E-state index is 0.206. The van der Waals surface area contributed by atoms with E-state index >= 15 is 0 Å². The van der Waals surface area contributed by atoms with Crippen LogP contribution in [0.3, 0.4) is 0 Å². The molecule has 5 rings (SSSR count). The van der Waals surface area contributed by atoms with Crippen molar-refractivity contribution in [1.29, 1.82) is 0 Å². The van der Waals surface area contributed by atoms with Crippen LogP contribution in [0.4, 0.5) is 52.2 Å². The highest BCUT2D eigenvalue weighted by atomic mass is 19.4. The smallest absolute Gasteiger partial charge is 0.311 e. The Hall–Kier alpha value is -4.66. The van der Waals surface area contributed by atoms with Crippen LogP contribution in [-0.2, 0) is 6.18 Å². The van der Waals surface area contributed by atoms with E-state index in [2.05, 4.69) is 0 Å². The van der Waals surface area contributed by atoms with Crippen LogP contribution in [0, 0.1) is 29.1 Å². The molecule has 0 unspecified atom stereocenters. The van der Waals surface area contributed by atoms with Crippen LogP contribution in [0.2, 0.25) is 0 Å². The third-order valence-electron chi connectivity index (χ3n) is 6.31. The van der Waals surface area contributed by atoms with E-state index in [4.69, 9.17) is 0 Å². The van der Waals surface area contributed by atoms with E-state index in [0.29, 0.717) is 28.2 Å². The van der Waals surface area contributed by atoms with Gasteiger partial charge in [-0.2, -0.15) is 13.2 Å². The largest absolute Gasteiger partial charge is 0.416 e. The number of alkyl halides is 3. The molecule has 0 heterocycles. The lowest BCUT2D eigenvalue weighted by molar-refractivity contribution is -0.137. The van der Waals surface area contributed by atoms with E-state index < -0.39 is 46.4 Å². The Balaban J connectivity index is 1.52. The first-order valence-corrected chi connectivity index (χ1v) is 11.8. The van der Waals surface area contributed by atoms with E-state index in [-0.39, 0.29) is 5.56 Å². The molecular weight excluding hydrogens is 538 g/mol. The van der Waals surface area contributed by atoms with Crippen LogP contribution in [0.5, 0.6) is 0 Å². The summed E-state index contributed by atoms with van der Waals surface area (Å²) in [7, 11) is 0. The van der Waals surface area contributed by atoms with Crippen LogP contribution in [0.25, 0.3) is 22.3 Å². The Morgan fingerprint density at radius 1 is 0.400 bits per heavy atom. The lowest BCUT2D eigenvalue weighted by Crippen LogP contribution is -2.10. The van der Waals surface area contributed by atoms with Crippen molar-refractivity contribution in [2.45, 2.75) is 6.18 Å². The highest BCUT2D eigenvalue weighted by Crippen LogP contribution is 2.38. The quantitative estimate of drug-likeness (QED) is 0.119. The van der Waals surface area contributed by atoms with Gasteiger partial charge in [0.2, 0.25) is 5.82 Å². The molecule has 0 amide bonds. The molecular formula is C31H17F8N. The fraction of sp³-hybridized carbons (Fsp3) is 0.0323. The number of nitrogens with zero attached hydrogens (tertiary/aromatic N) is 1. The van der Waals surface area contributed by atoms with Crippen molar-refractivity contribution in [2.75, 3.05) is 4.90 Å². The van der Waals surface area contributed by atoms with Gasteiger partial charge < -0.3 is 4.90 Å². The Morgan fingerprint density at radius 3 is 1.23 bits per heavy atom. The van der Waals surface area contributed by atoms with Crippen molar-refractivity contribution in [3.05, 3.63) is 138 Å². The predicted octanol–water partition coefficient (Wildman–Crippen LogP) is 10.2. The van der Waals surface area contributed by atoms with Crippen LogP contribution in [0.15, 0.2) is 103 Å². The van der Waals surface area contributed by atoms with Gasteiger partial charge in [0, 0.05) is 17.1 Å². The van der Waals surface area contributed by atoms with Crippen molar-refractivity contribution < 1.29 is 35.1 Å². The van der Waals surface area contributed by atoms with Gasteiger partial charge in [0.25, 0.3) is 0 Å². The first kappa shape index (κ1) is 26.9. The molecule has 0 aliphatic carbocycles. The normalized spacial score (nSPS) is 11.5. The van der Waals surface area contributed by atoms with Gasteiger partial charge in [-0.15, -0.1) is 0 Å². The minimum Gasteiger partial charge on any atom is -0.311 e. The molecule has 5 aromatic rings. The van der Waals surface area contributed by atoms with E-state index in [1.54, 1.807) is 41.3 Å². The van der Waals surface area contributed by atoms with Gasteiger partial charge in [0.15, 0.2) is 23.3 Å². The molecule has 5 aromatic carbocycles. The van der Waals surface area contributed by atoms with Crippen LogP contribution in [-0.4, -0.2) is 0 Å². The third-order valence-corrected chi connectivity index (χ3v) is 6.31. The summed E-state index contributed by atoms with van der Waals surface area (Å²) in [5, 5.41) is 0. The number of hydrogen-bond acceptors (Lipinski definition) is 1. The molecule has 0 fully saturated rings. The van der Waals surface area contributed by atoms with E-state index in [0.717, 1.165) is 12.1 Å². The number of hydrogen-bond donors (Lipinski definition) is 0. The Morgan fingerprint density at radius 2 is 0.775 bits per heavy atom. The molecule has 0 saturated carbocycles. The topological polar surface area (TPSA) is 3.24 Å². The summed E-state index contributed by atoms with van der Waals surface area (Å²) in [5.74, 6) is -10.1. The van der Waals surface area contributed by atoms with Crippen molar-refractivity contribution >= 4 is 17.1 Å². The maximum absolute atomic E-state index is 14.3. The first-order chi connectivity index (χ1) is 19.1. The predicted molar refractivity (Wildman–Crippen MR) is 137 cm³/mol. The van der Waals surface area contributed by atoms with Crippen molar-refractivity contribution in [3.63, 3.8) is 0 Å². The second-order valence-corrected chi connectivity index (χ2v) is 8.78. The summed E-state index contributed by atoms with van der Waals surface area (Å²) in [6.07, 6.45) is -4.44. The summed E-state index contributed by atoms with van der Waals surface area (Å²) < 4.78 is 108. The summed E-state index contributed by atoms with van der Waals surface area (Å²) in [5.41, 5.74) is 1.13. The molecule has 40 heavy (non-hydrogen) atoms. The average Bonchev–Trinajstić information content (AvgIpc) is 2.97. The lowest BCUT2D eigenvalue weighted by atomic mass is 10.0. The summed E-state index contributed by atoms with van der Waals surface area (Å²) in [4.78, 5) is 1.79. The van der Waals surface area contributed by atoms with Crippen LogP contribution < -0.4 is 4.90 Å². The maximum atomic E-state index is 14.3. The Kier molecular flexibility index (Phi) is 7.06. The van der Waals surface area contributed by atoms with Gasteiger partial charge in [0.05, 0.1) is 11.1 Å². The molecule has 0 radical (unpaired) electrons. The van der Waals surface area contributed by atoms with Crippen LogP contribution >= 0.6 is 0 Å². The van der Waals surface area contributed by atoms with Crippen molar-refractivity contribution in [1.82, 2.24) is 0 Å². The highest BCUT2D eigenvalue weighted by Gasteiger charge is 2.30. The zero-order chi connectivity index (χ0) is 28.6. The van der Waals surface area contributed by atoms with Gasteiger partial charge in [-0.3, -0.25) is 0 Å². The van der Waals surface area contributed by atoms with Gasteiger partial charge in [-0.05, 0) is 65.2 Å². The summed E-state index contributed by atoms with van der Waals surface area (Å²) >= 11 is 0. The number of para-hydroxylation sites is 1. The molecule has 9 heteroatoms. The fourth-order valence-corrected chi connectivity index (χ4v) is 4.31.